The van der Waals surface area contributed by atoms with Crippen molar-refractivity contribution >= 4 is 11.7 Å². The standard InChI is InChI=1S/C12H17N3O2/c1-8-7-17-9(2)6-15(8)12(16)10-4-3-5-14-11(10)13/h3-5,8-9H,6-7H2,1-2H3,(H2,13,14). The zero-order valence-corrected chi connectivity index (χ0v) is 10.1. The van der Waals surface area contributed by atoms with Crippen LogP contribution >= 0.6 is 0 Å². The first-order valence-corrected chi connectivity index (χ1v) is 5.72. The number of aromatic nitrogens is 1. The molecule has 1 aromatic rings. The Hall–Kier alpha value is -1.62. The Morgan fingerprint density at radius 3 is 3.06 bits per heavy atom. The van der Waals surface area contributed by atoms with Gasteiger partial charge in [-0.15, -0.1) is 0 Å². The van der Waals surface area contributed by atoms with Crippen LogP contribution in [0.5, 0.6) is 0 Å². The first-order chi connectivity index (χ1) is 8.09. The van der Waals surface area contributed by atoms with Crippen molar-refractivity contribution in [1.29, 1.82) is 0 Å². The predicted molar refractivity (Wildman–Crippen MR) is 64.6 cm³/mol. The van der Waals surface area contributed by atoms with Crippen molar-refractivity contribution in [3.8, 4) is 0 Å². The smallest absolute Gasteiger partial charge is 0.258 e. The molecule has 2 unspecified atom stereocenters. The summed E-state index contributed by atoms with van der Waals surface area (Å²) in [4.78, 5) is 18.1. The van der Waals surface area contributed by atoms with E-state index in [4.69, 9.17) is 10.5 Å². The summed E-state index contributed by atoms with van der Waals surface area (Å²) in [5.41, 5.74) is 6.18. The van der Waals surface area contributed by atoms with Gasteiger partial charge in [-0.25, -0.2) is 4.98 Å². The summed E-state index contributed by atoms with van der Waals surface area (Å²) in [5.74, 6) is 0.210. The molecule has 92 valence electrons. The number of hydrogen-bond donors (Lipinski definition) is 1. The lowest BCUT2D eigenvalue weighted by molar-refractivity contribution is -0.0386. The summed E-state index contributed by atoms with van der Waals surface area (Å²) in [6.07, 6.45) is 1.64. The number of nitrogens with zero attached hydrogens (tertiary/aromatic N) is 2. The molecule has 2 N–H and O–H groups in total. The predicted octanol–water partition coefficient (Wildman–Crippen LogP) is 0.913. The lowest BCUT2D eigenvalue weighted by Gasteiger charge is -2.36. The van der Waals surface area contributed by atoms with E-state index in [1.54, 1.807) is 23.2 Å². The number of amides is 1. The number of pyridine rings is 1. The molecule has 2 atom stereocenters. The average Bonchev–Trinajstić information content (AvgIpc) is 2.32. The molecule has 2 rings (SSSR count). The van der Waals surface area contributed by atoms with Crippen molar-refractivity contribution in [2.75, 3.05) is 18.9 Å². The van der Waals surface area contributed by atoms with Gasteiger partial charge in [-0.1, -0.05) is 0 Å². The summed E-state index contributed by atoms with van der Waals surface area (Å²) in [6, 6.07) is 3.49. The normalized spacial score (nSPS) is 24.7. The summed E-state index contributed by atoms with van der Waals surface area (Å²) >= 11 is 0. The zero-order valence-electron chi connectivity index (χ0n) is 10.1. The molecular weight excluding hydrogens is 218 g/mol. The fraction of sp³-hybridized carbons (Fsp3) is 0.500. The lowest BCUT2D eigenvalue weighted by Crippen LogP contribution is -2.50. The number of hydrogen-bond acceptors (Lipinski definition) is 4. The van der Waals surface area contributed by atoms with Crippen LogP contribution in [0.3, 0.4) is 0 Å². The van der Waals surface area contributed by atoms with Crippen LogP contribution < -0.4 is 5.73 Å². The third kappa shape index (κ3) is 2.39. The highest BCUT2D eigenvalue weighted by Gasteiger charge is 2.29. The largest absolute Gasteiger partial charge is 0.383 e. The number of anilines is 1. The monoisotopic (exact) mass is 235 g/mol. The molecule has 0 aromatic carbocycles. The second-order valence-corrected chi connectivity index (χ2v) is 4.39. The molecule has 17 heavy (non-hydrogen) atoms. The van der Waals surface area contributed by atoms with Gasteiger partial charge in [-0.3, -0.25) is 4.79 Å². The first kappa shape index (κ1) is 11.9. The minimum absolute atomic E-state index is 0.0630. The van der Waals surface area contributed by atoms with Crippen LogP contribution in [-0.4, -0.2) is 41.1 Å². The summed E-state index contributed by atoms with van der Waals surface area (Å²) in [6.45, 7) is 5.08. The maximum absolute atomic E-state index is 12.3. The van der Waals surface area contributed by atoms with Crippen LogP contribution in [0, 0.1) is 0 Å². The van der Waals surface area contributed by atoms with E-state index in [2.05, 4.69) is 4.98 Å². The topological polar surface area (TPSA) is 68.5 Å². The van der Waals surface area contributed by atoms with E-state index >= 15 is 0 Å². The molecule has 0 bridgehead atoms. The van der Waals surface area contributed by atoms with Gasteiger partial charge in [0.05, 0.1) is 24.3 Å². The molecule has 1 aliphatic rings. The third-order valence-electron chi connectivity index (χ3n) is 2.94. The molecule has 1 saturated heterocycles. The van der Waals surface area contributed by atoms with Crippen LogP contribution in [0.2, 0.25) is 0 Å². The summed E-state index contributed by atoms with van der Waals surface area (Å²) in [7, 11) is 0. The quantitative estimate of drug-likeness (QED) is 0.785. The number of nitrogens with two attached hydrogens (primary N) is 1. The SMILES string of the molecule is CC1CN(C(=O)c2cccnc2N)C(C)CO1. The molecule has 1 aromatic heterocycles. The second-order valence-electron chi connectivity index (χ2n) is 4.39. The molecule has 0 spiro atoms. The van der Waals surface area contributed by atoms with Crippen molar-refractivity contribution in [3.05, 3.63) is 23.9 Å². The van der Waals surface area contributed by atoms with E-state index in [0.29, 0.717) is 18.7 Å². The van der Waals surface area contributed by atoms with Gasteiger partial charge in [-0.2, -0.15) is 0 Å². The molecule has 5 nitrogen and oxygen atoms in total. The molecular formula is C12H17N3O2. The second kappa shape index (κ2) is 4.71. The number of nitrogen functional groups attached to an aromatic ring is 1. The fourth-order valence-corrected chi connectivity index (χ4v) is 1.94. The number of rotatable bonds is 1. The van der Waals surface area contributed by atoms with Crippen molar-refractivity contribution in [3.63, 3.8) is 0 Å². The number of carbonyl (C=O) groups excluding carboxylic acids is 1. The molecule has 1 amide bonds. The van der Waals surface area contributed by atoms with E-state index in [0.717, 1.165) is 0 Å². The minimum atomic E-state index is -0.0711. The van der Waals surface area contributed by atoms with Crippen molar-refractivity contribution in [2.24, 2.45) is 0 Å². The van der Waals surface area contributed by atoms with Crippen molar-refractivity contribution < 1.29 is 9.53 Å². The Bertz CT molecular complexity index is 422. The highest BCUT2D eigenvalue weighted by Crippen LogP contribution is 2.17. The Morgan fingerprint density at radius 1 is 1.59 bits per heavy atom. The number of carbonyl (C=O) groups is 1. The van der Waals surface area contributed by atoms with Crippen molar-refractivity contribution in [1.82, 2.24) is 9.88 Å². The molecule has 5 heteroatoms. The zero-order chi connectivity index (χ0) is 12.4. The molecule has 0 saturated carbocycles. The van der Waals surface area contributed by atoms with Crippen LogP contribution in [0.1, 0.15) is 24.2 Å². The van der Waals surface area contributed by atoms with Gasteiger partial charge in [0, 0.05) is 12.7 Å². The van der Waals surface area contributed by atoms with Gasteiger partial charge < -0.3 is 15.4 Å². The Labute approximate surface area is 101 Å². The van der Waals surface area contributed by atoms with E-state index < -0.39 is 0 Å². The van der Waals surface area contributed by atoms with Gasteiger partial charge in [0.2, 0.25) is 0 Å². The van der Waals surface area contributed by atoms with E-state index in [1.165, 1.54) is 0 Å². The average molecular weight is 235 g/mol. The molecule has 1 aliphatic heterocycles. The van der Waals surface area contributed by atoms with Crippen LogP contribution in [-0.2, 0) is 4.74 Å². The van der Waals surface area contributed by atoms with Gasteiger partial charge in [-0.05, 0) is 26.0 Å². The lowest BCUT2D eigenvalue weighted by atomic mass is 10.1. The van der Waals surface area contributed by atoms with E-state index in [1.807, 2.05) is 13.8 Å². The van der Waals surface area contributed by atoms with Gasteiger partial charge in [0.1, 0.15) is 5.82 Å². The Morgan fingerprint density at radius 2 is 2.35 bits per heavy atom. The molecule has 0 aliphatic carbocycles. The van der Waals surface area contributed by atoms with Crippen LogP contribution in [0.15, 0.2) is 18.3 Å². The van der Waals surface area contributed by atoms with E-state index in [9.17, 15) is 4.79 Å². The maximum Gasteiger partial charge on any atom is 0.258 e. The number of ether oxygens (including phenoxy) is 1. The molecule has 0 radical (unpaired) electrons. The number of morpholine rings is 1. The summed E-state index contributed by atoms with van der Waals surface area (Å²) < 4.78 is 5.50. The van der Waals surface area contributed by atoms with Crippen LogP contribution in [0.4, 0.5) is 5.82 Å². The van der Waals surface area contributed by atoms with Gasteiger partial charge in [0.25, 0.3) is 5.91 Å². The molecule has 1 fully saturated rings. The first-order valence-electron chi connectivity index (χ1n) is 5.72. The molecule has 2 heterocycles. The third-order valence-corrected chi connectivity index (χ3v) is 2.94. The Balaban J connectivity index is 2.22. The van der Waals surface area contributed by atoms with Gasteiger partial charge in [0.15, 0.2) is 0 Å². The maximum atomic E-state index is 12.3. The van der Waals surface area contributed by atoms with Gasteiger partial charge >= 0.3 is 0 Å². The van der Waals surface area contributed by atoms with E-state index in [-0.39, 0.29) is 23.9 Å². The fourth-order valence-electron chi connectivity index (χ4n) is 1.94. The summed E-state index contributed by atoms with van der Waals surface area (Å²) in [5, 5.41) is 0. The van der Waals surface area contributed by atoms with Crippen molar-refractivity contribution in [2.45, 2.75) is 26.0 Å². The highest BCUT2D eigenvalue weighted by molar-refractivity contribution is 5.98. The highest BCUT2D eigenvalue weighted by atomic mass is 16.5. The van der Waals surface area contributed by atoms with Crippen LogP contribution in [0.25, 0.3) is 0 Å². The Kier molecular flexibility index (Phi) is 3.28. The minimum Gasteiger partial charge on any atom is -0.383 e.